The van der Waals surface area contributed by atoms with Crippen LogP contribution >= 0.6 is 0 Å². The molecule has 0 bridgehead atoms. The van der Waals surface area contributed by atoms with Crippen LogP contribution in [0.4, 0.5) is 4.79 Å². The zero-order chi connectivity index (χ0) is 25.5. The molecule has 0 fully saturated rings. The Morgan fingerprint density at radius 2 is 1.75 bits per heavy atom. The summed E-state index contributed by atoms with van der Waals surface area (Å²) in [6, 6.07) is 15.1. The number of nitrogens with zero attached hydrogens (tertiary/aromatic N) is 2. The number of aliphatic carboxylic acids is 1. The SMILES string of the molecule is C=CCOC(=O)CCC(C(=O)O)n1cc(CNC(=O)OCC2c3ccccc3-c3ccccc32)cn1. The van der Waals surface area contributed by atoms with Crippen molar-refractivity contribution in [3.63, 3.8) is 0 Å². The highest BCUT2D eigenvalue weighted by Crippen LogP contribution is 2.44. The second-order valence-corrected chi connectivity index (χ2v) is 8.37. The van der Waals surface area contributed by atoms with E-state index in [4.69, 9.17) is 9.47 Å². The van der Waals surface area contributed by atoms with Crippen molar-refractivity contribution in [1.29, 1.82) is 0 Å². The quantitative estimate of drug-likeness (QED) is 0.308. The maximum Gasteiger partial charge on any atom is 0.407 e. The predicted molar refractivity (Wildman–Crippen MR) is 131 cm³/mol. The summed E-state index contributed by atoms with van der Waals surface area (Å²) in [5.41, 5.74) is 5.15. The van der Waals surface area contributed by atoms with Crippen LogP contribution in [0, 0.1) is 0 Å². The van der Waals surface area contributed by atoms with E-state index in [1.165, 1.54) is 23.2 Å². The molecule has 3 aromatic rings. The third-order valence-corrected chi connectivity index (χ3v) is 6.02. The number of carboxylic acids is 1. The molecule has 1 amide bonds. The maximum absolute atomic E-state index is 12.4. The lowest BCUT2D eigenvalue weighted by molar-refractivity contribution is -0.144. The Morgan fingerprint density at radius 3 is 2.39 bits per heavy atom. The molecule has 1 atom stereocenters. The molecule has 2 N–H and O–H groups in total. The number of carbonyl (C=O) groups is 3. The van der Waals surface area contributed by atoms with Gasteiger partial charge in [-0.15, -0.1) is 0 Å². The fourth-order valence-corrected chi connectivity index (χ4v) is 4.31. The number of hydrogen-bond donors (Lipinski definition) is 2. The number of carbonyl (C=O) groups excluding carboxylic acids is 2. The summed E-state index contributed by atoms with van der Waals surface area (Å²) in [5, 5.41) is 16.3. The Morgan fingerprint density at radius 1 is 1.08 bits per heavy atom. The van der Waals surface area contributed by atoms with Crippen molar-refractivity contribution in [2.24, 2.45) is 0 Å². The van der Waals surface area contributed by atoms with E-state index in [-0.39, 0.29) is 38.5 Å². The van der Waals surface area contributed by atoms with E-state index >= 15 is 0 Å². The first kappa shape index (κ1) is 24.7. The van der Waals surface area contributed by atoms with Crippen molar-refractivity contribution < 1.29 is 29.0 Å². The van der Waals surface area contributed by atoms with Gasteiger partial charge in [0.1, 0.15) is 19.3 Å². The number of amides is 1. The number of carboxylic acid groups (broad SMARTS) is 1. The standard InChI is InChI=1S/C27H27N3O6/c1-2-13-35-25(31)12-11-24(26(32)33)30-16-18(15-29-30)14-28-27(34)36-17-23-21-9-5-3-7-19(21)20-8-4-6-10-22(20)23/h2-10,15-16,23-24H,1,11-14,17H2,(H,28,34)(H,32,33). The van der Waals surface area contributed by atoms with Crippen LogP contribution in [0.15, 0.2) is 73.6 Å². The van der Waals surface area contributed by atoms with Gasteiger partial charge in [-0.1, -0.05) is 61.2 Å². The lowest BCUT2D eigenvalue weighted by atomic mass is 9.98. The van der Waals surface area contributed by atoms with E-state index in [9.17, 15) is 19.5 Å². The second kappa shape index (κ2) is 11.4. The first-order chi connectivity index (χ1) is 17.5. The van der Waals surface area contributed by atoms with E-state index in [0.717, 1.165) is 22.3 Å². The molecule has 1 heterocycles. The zero-order valence-corrected chi connectivity index (χ0v) is 19.6. The molecule has 0 saturated heterocycles. The average molecular weight is 490 g/mol. The highest BCUT2D eigenvalue weighted by atomic mass is 16.5. The van der Waals surface area contributed by atoms with Crippen molar-refractivity contribution in [3.8, 4) is 11.1 Å². The predicted octanol–water partition coefficient (Wildman–Crippen LogP) is 4.06. The number of esters is 1. The van der Waals surface area contributed by atoms with Crippen LogP contribution in [0.5, 0.6) is 0 Å². The Labute approximate surface area is 208 Å². The summed E-state index contributed by atoms with van der Waals surface area (Å²) in [5.74, 6) is -1.67. The summed E-state index contributed by atoms with van der Waals surface area (Å²) in [7, 11) is 0. The van der Waals surface area contributed by atoms with Gasteiger partial charge in [0.15, 0.2) is 0 Å². The monoisotopic (exact) mass is 489 g/mol. The lowest BCUT2D eigenvalue weighted by Crippen LogP contribution is -2.25. The molecule has 1 aromatic heterocycles. The van der Waals surface area contributed by atoms with Crippen LogP contribution in [0.1, 0.15) is 41.5 Å². The Kier molecular flexibility index (Phi) is 7.79. The largest absolute Gasteiger partial charge is 0.480 e. The number of ether oxygens (including phenoxy) is 2. The molecule has 0 aliphatic heterocycles. The minimum Gasteiger partial charge on any atom is -0.480 e. The third-order valence-electron chi connectivity index (χ3n) is 6.02. The minimum atomic E-state index is -1.12. The topological polar surface area (TPSA) is 120 Å². The van der Waals surface area contributed by atoms with Gasteiger partial charge < -0.3 is 19.9 Å². The van der Waals surface area contributed by atoms with Crippen molar-refractivity contribution in [1.82, 2.24) is 15.1 Å². The average Bonchev–Trinajstić information content (AvgIpc) is 3.47. The number of benzene rings is 2. The van der Waals surface area contributed by atoms with Gasteiger partial charge in [0, 0.05) is 30.6 Å². The van der Waals surface area contributed by atoms with Gasteiger partial charge >= 0.3 is 18.0 Å². The number of rotatable bonds is 11. The van der Waals surface area contributed by atoms with Crippen LogP contribution in [-0.2, 0) is 25.6 Å². The fourth-order valence-electron chi connectivity index (χ4n) is 4.31. The number of alkyl carbamates (subject to hydrolysis) is 1. The summed E-state index contributed by atoms with van der Waals surface area (Å²) >= 11 is 0. The van der Waals surface area contributed by atoms with Crippen LogP contribution in [0.25, 0.3) is 11.1 Å². The summed E-state index contributed by atoms with van der Waals surface area (Å²) in [4.78, 5) is 35.7. The Hall–Kier alpha value is -4.40. The molecular weight excluding hydrogens is 462 g/mol. The van der Waals surface area contributed by atoms with Gasteiger partial charge in [-0.25, -0.2) is 9.59 Å². The highest BCUT2D eigenvalue weighted by molar-refractivity contribution is 5.79. The highest BCUT2D eigenvalue weighted by Gasteiger charge is 2.29. The molecule has 1 aliphatic carbocycles. The van der Waals surface area contributed by atoms with Crippen LogP contribution in [-0.4, -0.2) is 46.1 Å². The van der Waals surface area contributed by atoms with Gasteiger partial charge in [0.05, 0.1) is 6.20 Å². The zero-order valence-electron chi connectivity index (χ0n) is 19.6. The molecule has 36 heavy (non-hydrogen) atoms. The van der Waals surface area contributed by atoms with Gasteiger partial charge in [-0.3, -0.25) is 9.48 Å². The maximum atomic E-state index is 12.4. The fraction of sp³-hybridized carbons (Fsp3) is 0.259. The molecule has 9 nitrogen and oxygen atoms in total. The van der Waals surface area contributed by atoms with E-state index in [1.54, 1.807) is 0 Å². The van der Waals surface area contributed by atoms with Crippen molar-refractivity contribution in [2.45, 2.75) is 31.3 Å². The molecule has 9 heteroatoms. The molecule has 2 aromatic carbocycles. The van der Waals surface area contributed by atoms with E-state index < -0.39 is 24.1 Å². The van der Waals surface area contributed by atoms with Crippen molar-refractivity contribution in [2.75, 3.05) is 13.2 Å². The molecule has 0 radical (unpaired) electrons. The second-order valence-electron chi connectivity index (χ2n) is 8.37. The van der Waals surface area contributed by atoms with Gasteiger partial charge in [0.2, 0.25) is 0 Å². The smallest absolute Gasteiger partial charge is 0.407 e. The third kappa shape index (κ3) is 5.63. The molecule has 1 unspecified atom stereocenters. The normalized spacial score (nSPS) is 12.8. The van der Waals surface area contributed by atoms with Crippen LogP contribution in [0.2, 0.25) is 0 Å². The first-order valence-electron chi connectivity index (χ1n) is 11.6. The number of fused-ring (bicyclic) bond motifs is 3. The van der Waals surface area contributed by atoms with E-state index in [2.05, 4.69) is 29.1 Å². The lowest BCUT2D eigenvalue weighted by Gasteiger charge is -2.14. The summed E-state index contributed by atoms with van der Waals surface area (Å²) in [6.07, 6.45) is 3.80. The van der Waals surface area contributed by atoms with E-state index in [1.807, 2.05) is 36.4 Å². The van der Waals surface area contributed by atoms with Crippen LogP contribution < -0.4 is 5.32 Å². The molecule has 186 valence electrons. The molecule has 0 spiro atoms. The molecule has 0 saturated carbocycles. The molecule has 4 rings (SSSR count). The number of hydrogen-bond acceptors (Lipinski definition) is 6. The van der Waals surface area contributed by atoms with Gasteiger partial charge in [-0.05, 0) is 28.7 Å². The number of nitrogens with one attached hydrogen (secondary N) is 1. The number of aromatic nitrogens is 2. The summed E-state index contributed by atoms with van der Waals surface area (Å²) < 4.78 is 11.7. The Balaban J connectivity index is 1.30. The minimum absolute atomic E-state index is 0.0201. The van der Waals surface area contributed by atoms with E-state index in [0.29, 0.717) is 5.56 Å². The van der Waals surface area contributed by atoms with Gasteiger partial charge in [0.25, 0.3) is 0 Å². The van der Waals surface area contributed by atoms with Crippen LogP contribution in [0.3, 0.4) is 0 Å². The molecule has 1 aliphatic rings. The van der Waals surface area contributed by atoms with Gasteiger partial charge in [-0.2, -0.15) is 5.10 Å². The molecular formula is C27H27N3O6. The first-order valence-corrected chi connectivity index (χ1v) is 11.6. The van der Waals surface area contributed by atoms with Crippen molar-refractivity contribution >= 4 is 18.0 Å². The van der Waals surface area contributed by atoms with Crippen molar-refractivity contribution in [3.05, 3.63) is 90.3 Å². The summed E-state index contributed by atoms with van der Waals surface area (Å²) in [6.45, 7) is 3.85. The Bertz CT molecular complexity index is 1220.